The number of rotatable bonds is 4. The smallest absolute Gasteiger partial charge is 0.327 e. The monoisotopic (exact) mass is 324 g/mol. The molecule has 7 heteroatoms. The van der Waals surface area contributed by atoms with E-state index in [1.165, 1.54) is 4.90 Å². The van der Waals surface area contributed by atoms with Gasteiger partial charge in [-0.2, -0.15) is 0 Å². The number of hydrogen-bond donors (Lipinski definition) is 1. The molecule has 1 aliphatic rings. The lowest BCUT2D eigenvalue weighted by Crippen LogP contribution is -2.47. The number of nitrogens with zero attached hydrogens (tertiary/aromatic N) is 2. The number of carboxylic acids is 1. The molecule has 2 rings (SSSR count). The SMILES string of the molecule is CC(C)C(C(=O)O)N1C(=O)/C(=C\c2cccn2C)SC1=S. The van der Waals surface area contributed by atoms with Gasteiger partial charge in [0.2, 0.25) is 0 Å². The average molecular weight is 324 g/mol. The molecule has 21 heavy (non-hydrogen) atoms. The van der Waals surface area contributed by atoms with Gasteiger partial charge in [-0.25, -0.2) is 4.79 Å². The number of amides is 1. The largest absolute Gasteiger partial charge is 0.480 e. The van der Waals surface area contributed by atoms with Crippen molar-refractivity contribution in [3.8, 4) is 0 Å². The number of carboxylic acid groups (broad SMARTS) is 1. The zero-order valence-corrected chi connectivity index (χ0v) is 13.6. The topological polar surface area (TPSA) is 62.5 Å². The standard InChI is InChI=1S/C14H16N2O3S2/c1-8(2)11(13(18)19)16-12(17)10(21-14(16)20)7-9-5-4-6-15(9)3/h4-8,11H,1-3H3,(H,18,19)/b10-7+. The predicted molar refractivity (Wildman–Crippen MR) is 86.7 cm³/mol. The van der Waals surface area contributed by atoms with Crippen LogP contribution in [0.5, 0.6) is 0 Å². The van der Waals surface area contributed by atoms with Crippen molar-refractivity contribution in [3.05, 3.63) is 28.9 Å². The van der Waals surface area contributed by atoms with Gasteiger partial charge in [-0.1, -0.05) is 37.8 Å². The van der Waals surface area contributed by atoms with E-state index >= 15 is 0 Å². The molecule has 1 amide bonds. The number of thioether (sulfide) groups is 1. The molecule has 0 aromatic carbocycles. The van der Waals surface area contributed by atoms with E-state index in [0.717, 1.165) is 17.5 Å². The molecule has 2 heterocycles. The molecule has 0 radical (unpaired) electrons. The van der Waals surface area contributed by atoms with Crippen LogP contribution in [0.15, 0.2) is 23.2 Å². The Morgan fingerprint density at radius 3 is 2.62 bits per heavy atom. The summed E-state index contributed by atoms with van der Waals surface area (Å²) in [6.07, 6.45) is 3.61. The van der Waals surface area contributed by atoms with Crippen molar-refractivity contribution in [2.75, 3.05) is 0 Å². The van der Waals surface area contributed by atoms with Crippen LogP contribution >= 0.6 is 24.0 Å². The number of aromatic nitrogens is 1. The van der Waals surface area contributed by atoms with E-state index in [1.807, 2.05) is 29.9 Å². The van der Waals surface area contributed by atoms with Gasteiger partial charge in [-0.3, -0.25) is 9.69 Å². The minimum Gasteiger partial charge on any atom is -0.480 e. The van der Waals surface area contributed by atoms with Crippen LogP contribution in [0.3, 0.4) is 0 Å². The van der Waals surface area contributed by atoms with Gasteiger partial charge in [-0.15, -0.1) is 0 Å². The van der Waals surface area contributed by atoms with Crippen LogP contribution in [0.2, 0.25) is 0 Å². The van der Waals surface area contributed by atoms with Crippen molar-refractivity contribution in [1.29, 1.82) is 0 Å². The fourth-order valence-corrected chi connectivity index (χ4v) is 3.49. The van der Waals surface area contributed by atoms with E-state index in [9.17, 15) is 14.7 Å². The lowest BCUT2D eigenvalue weighted by Gasteiger charge is -2.26. The Labute approximate surface area is 132 Å². The van der Waals surface area contributed by atoms with Crippen LogP contribution in [0.1, 0.15) is 19.5 Å². The van der Waals surface area contributed by atoms with Crippen molar-refractivity contribution in [2.45, 2.75) is 19.9 Å². The quantitative estimate of drug-likeness (QED) is 0.680. The molecule has 112 valence electrons. The molecule has 1 fully saturated rings. The number of thiocarbonyl (C=S) groups is 1. The summed E-state index contributed by atoms with van der Waals surface area (Å²) in [5.41, 5.74) is 0.868. The molecule has 1 N–H and O–H groups in total. The molecule has 0 saturated carbocycles. The predicted octanol–water partition coefficient (Wildman–Crippen LogP) is 2.34. The van der Waals surface area contributed by atoms with Crippen molar-refractivity contribution < 1.29 is 14.7 Å². The highest BCUT2D eigenvalue weighted by molar-refractivity contribution is 8.26. The van der Waals surface area contributed by atoms with Gasteiger partial charge in [0, 0.05) is 18.9 Å². The molecule has 1 saturated heterocycles. The first-order chi connectivity index (χ1) is 9.82. The second-order valence-electron chi connectivity index (χ2n) is 5.12. The van der Waals surface area contributed by atoms with Crippen LogP contribution in [-0.4, -0.2) is 36.8 Å². The maximum Gasteiger partial charge on any atom is 0.327 e. The third-order valence-electron chi connectivity index (χ3n) is 3.25. The highest BCUT2D eigenvalue weighted by Gasteiger charge is 2.41. The summed E-state index contributed by atoms with van der Waals surface area (Å²) in [4.78, 5) is 25.6. The third kappa shape index (κ3) is 3.03. The number of carbonyl (C=O) groups excluding carboxylic acids is 1. The molecule has 5 nitrogen and oxygen atoms in total. The second-order valence-corrected chi connectivity index (χ2v) is 6.80. The first-order valence-electron chi connectivity index (χ1n) is 6.44. The molecule has 1 atom stereocenters. The maximum absolute atomic E-state index is 12.5. The second kappa shape index (κ2) is 6.03. The Hall–Kier alpha value is -1.60. The molecule has 0 spiro atoms. The van der Waals surface area contributed by atoms with E-state index < -0.39 is 12.0 Å². The Morgan fingerprint density at radius 1 is 1.48 bits per heavy atom. The van der Waals surface area contributed by atoms with Crippen LogP contribution < -0.4 is 0 Å². The van der Waals surface area contributed by atoms with E-state index in [2.05, 4.69) is 0 Å². The minimum atomic E-state index is -1.04. The first-order valence-corrected chi connectivity index (χ1v) is 7.66. The summed E-state index contributed by atoms with van der Waals surface area (Å²) in [7, 11) is 1.88. The lowest BCUT2D eigenvalue weighted by molar-refractivity contribution is -0.146. The van der Waals surface area contributed by atoms with E-state index in [4.69, 9.17) is 12.2 Å². The molecular weight excluding hydrogens is 308 g/mol. The van der Waals surface area contributed by atoms with Crippen molar-refractivity contribution in [1.82, 2.24) is 9.47 Å². The molecular formula is C14H16N2O3S2. The Morgan fingerprint density at radius 2 is 2.14 bits per heavy atom. The summed E-state index contributed by atoms with van der Waals surface area (Å²) >= 11 is 6.34. The van der Waals surface area contributed by atoms with Crippen molar-refractivity contribution in [3.63, 3.8) is 0 Å². The van der Waals surface area contributed by atoms with Crippen LogP contribution in [-0.2, 0) is 16.6 Å². The fourth-order valence-electron chi connectivity index (χ4n) is 2.17. The maximum atomic E-state index is 12.5. The highest BCUT2D eigenvalue weighted by atomic mass is 32.2. The Kier molecular flexibility index (Phi) is 4.53. The number of aliphatic carboxylic acids is 1. The molecule has 1 aromatic heterocycles. The van der Waals surface area contributed by atoms with Gasteiger partial charge >= 0.3 is 5.97 Å². The van der Waals surface area contributed by atoms with Crippen LogP contribution in [0.4, 0.5) is 0 Å². The van der Waals surface area contributed by atoms with Gasteiger partial charge in [0.05, 0.1) is 4.91 Å². The first kappa shape index (κ1) is 15.8. The van der Waals surface area contributed by atoms with Crippen molar-refractivity contribution >= 4 is 46.3 Å². The lowest BCUT2D eigenvalue weighted by atomic mass is 10.0. The minimum absolute atomic E-state index is 0.223. The van der Waals surface area contributed by atoms with E-state index in [1.54, 1.807) is 19.9 Å². The third-order valence-corrected chi connectivity index (χ3v) is 4.58. The summed E-state index contributed by atoms with van der Waals surface area (Å²) in [5.74, 6) is -1.60. The van der Waals surface area contributed by atoms with E-state index in [-0.39, 0.29) is 11.8 Å². The summed E-state index contributed by atoms with van der Waals surface area (Å²) in [6, 6.07) is 2.82. The summed E-state index contributed by atoms with van der Waals surface area (Å²) in [6.45, 7) is 3.52. The molecule has 1 unspecified atom stereocenters. The highest BCUT2D eigenvalue weighted by Crippen LogP contribution is 2.35. The summed E-state index contributed by atoms with van der Waals surface area (Å²) in [5, 5.41) is 9.34. The average Bonchev–Trinajstić information content (AvgIpc) is 2.88. The van der Waals surface area contributed by atoms with Crippen molar-refractivity contribution in [2.24, 2.45) is 13.0 Å². The van der Waals surface area contributed by atoms with Gasteiger partial charge in [0.1, 0.15) is 10.4 Å². The Bertz CT molecular complexity index is 634. The molecule has 0 aliphatic carbocycles. The number of carbonyl (C=O) groups is 2. The number of aryl methyl sites for hydroxylation is 1. The van der Waals surface area contributed by atoms with Gasteiger partial charge < -0.3 is 9.67 Å². The molecule has 0 bridgehead atoms. The Balaban J connectivity index is 2.34. The van der Waals surface area contributed by atoms with Gasteiger partial charge in [0.15, 0.2) is 0 Å². The normalized spacial score (nSPS) is 18.9. The van der Waals surface area contributed by atoms with Crippen LogP contribution in [0.25, 0.3) is 6.08 Å². The van der Waals surface area contributed by atoms with Crippen LogP contribution in [0, 0.1) is 5.92 Å². The summed E-state index contributed by atoms with van der Waals surface area (Å²) < 4.78 is 2.17. The molecule has 1 aliphatic heterocycles. The van der Waals surface area contributed by atoms with Gasteiger partial charge in [0.25, 0.3) is 5.91 Å². The van der Waals surface area contributed by atoms with Gasteiger partial charge in [-0.05, 0) is 24.1 Å². The molecule has 1 aromatic rings. The number of hydrogen-bond acceptors (Lipinski definition) is 4. The zero-order valence-electron chi connectivity index (χ0n) is 11.9. The zero-order chi connectivity index (χ0) is 15.7. The fraction of sp³-hybridized carbons (Fsp3) is 0.357. The van der Waals surface area contributed by atoms with E-state index in [0.29, 0.717) is 9.23 Å².